The number of carbonyl (C=O) groups excluding carboxylic acids is 2. The molecule has 1 heterocycles. The molecule has 0 spiro atoms. The average Bonchev–Trinajstić information content (AvgIpc) is 2.69. The first-order chi connectivity index (χ1) is 13.1. The first-order valence-electron chi connectivity index (χ1n) is 9.48. The van der Waals surface area contributed by atoms with Gasteiger partial charge in [0.1, 0.15) is 0 Å². The van der Waals surface area contributed by atoms with E-state index in [0.29, 0.717) is 24.9 Å². The molecule has 0 aliphatic carbocycles. The monoisotopic (exact) mass is 365 g/mol. The van der Waals surface area contributed by atoms with Gasteiger partial charge in [0, 0.05) is 43.9 Å². The summed E-state index contributed by atoms with van der Waals surface area (Å²) in [4.78, 5) is 29.0. The standard InChI is InChI=1S/C22H27N3O2/c1-24-13-15-25(16-14-24)17-21(26)19-8-10-20(11-9-19)23-22(27)12-7-18-5-3-2-4-6-18/h2-6,8-11H,7,12-17H2,1H3,(H,23,27). The van der Waals surface area contributed by atoms with Gasteiger partial charge >= 0.3 is 0 Å². The molecule has 0 saturated carbocycles. The highest BCUT2D eigenvalue weighted by atomic mass is 16.1. The van der Waals surface area contributed by atoms with E-state index in [-0.39, 0.29) is 11.7 Å². The number of ketones is 1. The van der Waals surface area contributed by atoms with Crippen molar-refractivity contribution in [3.8, 4) is 0 Å². The van der Waals surface area contributed by atoms with Crippen molar-refractivity contribution < 1.29 is 9.59 Å². The highest BCUT2D eigenvalue weighted by molar-refractivity contribution is 5.98. The molecule has 1 aliphatic rings. The van der Waals surface area contributed by atoms with Gasteiger partial charge in [-0.1, -0.05) is 30.3 Å². The fourth-order valence-corrected chi connectivity index (χ4v) is 3.17. The number of anilines is 1. The van der Waals surface area contributed by atoms with Gasteiger partial charge in [-0.25, -0.2) is 0 Å². The Labute approximate surface area is 161 Å². The summed E-state index contributed by atoms with van der Waals surface area (Å²) in [6.45, 7) is 4.31. The summed E-state index contributed by atoms with van der Waals surface area (Å²) in [5.41, 5.74) is 2.57. The largest absolute Gasteiger partial charge is 0.326 e. The lowest BCUT2D eigenvalue weighted by molar-refractivity contribution is -0.116. The van der Waals surface area contributed by atoms with Crippen LogP contribution in [-0.2, 0) is 11.2 Å². The van der Waals surface area contributed by atoms with Crippen LogP contribution in [-0.4, -0.2) is 61.3 Å². The van der Waals surface area contributed by atoms with E-state index in [1.807, 2.05) is 30.3 Å². The molecule has 27 heavy (non-hydrogen) atoms. The third kappa shape index (κ3) is 6.01. The molecule has 0 atom stereocenters. The predicted molar refractivity (Wildman–Crippen MR) is 108 cm³/mol. The van der Waals surface area contributed by atoms with Crippen LogP contribution >= 0.6 is 0 Å². The Bertz CT molecular complexity index is 751. The number of aryl methyl sites for hydroxylation is 1. The lowest BCUT2D eigenvalue weighted by Crippen LogP contribution is -2.46. The highest BCUT2D eigenvalue weighted by Gasteiger charge is 2.17. The van der Waals surface area contributed by atoms with Crippen molar-refractivity contribution in [2.45, 2.75) is 12.8 Å². The zero-order valence-electron chi connectivity index (χ0n) is 15.9. The molecule has 2 aromatic carbocycles. The summed E-state index contributed by atoms with van der Waals surface area (Å²) in [6.07, 6.45) is 1.16. The first-order valence-corrected chi connectivity index (χ1v) is 9.48. The van der Waals surface area contributed by atoms with E-state index in [9.17, 15) is 9.59 Å². The van der Waals surface area contributed by atoms with Gasteiger partial charge in [-0.15, -0.1) is 0 Å². The maximum absolute atomic E-state index is 12.4. The molecule has 0 aromatic heterocycles. The minimum absolute atomic E-state index is 0.0182. The maximum atomic E-state index is 12.4. The molecule has 2 aromatic rings. The maximum Gasteiger partial charge on any atom is 0.224 e. The molecular weight excluding hydrogens is 338 g/mol. The Balaban J connectivity index is 1.46. The Morgan fingerprint density at radius 3 is 2.26 bits per heavy atom. The van der Waals surface area contributed by atoms with E-state index in [1.54, 1.807) is 24.3 Å². The van der Waals surface area contributed by atoms with Gasteiger partial charge in [-0.2, -0.15) is 0 Å². The second-order valence-corrected chi connectivity index (χ2v) is 7.11. The predicted octanol–water partition coefficient (Wildman–Crippen LogP) is 2.69. The molecule has 5 nitrogen and oxygen atoms in total. The number of benzene rings is 2. The second-order valence-electron chi connectivity index (χ2n) is 7.11. The number of Topliss-reactive ketones (excluding diaryl/α,β-unsaturated/α-hetero) is 1. The van der Waals surface area contributed by atoms with Crippen LogP contribution in [0.3, 0.4) is 0 Å². The van der Waals surface area contributed by atoms with Crippen LogP contribution in [0.1, 0.15) is 22.3 Å². The van der Waals surface area contributed by atoms with Gasteiger partial charge in [0.2, 0.25) is 5.91 Å². The number of hydrogen-bond donors (Lipinski definition) is 1. The molecule has 5 heteroatoms. The molecule has 142 valence electrons. The van der Waals surface area contributed by atoms with Crippen molar-refractivity contribution in [2.24, 2.45) is 0 Å². The quantitative estimate of drug-likeness (QED) is 0.767. The molecule has 3 rings (SSSR count). The summed E-state index contributed by atoms with van der Waals surface area (Å²) in [7, 11) is 2.10. The molecule has 1 saturated heterocycles. The number of likely N-dealkylation sites (N-methyl/N-ethyl adjacent to an activating group) is 1. The normalized spacial score (nSPS) is 15.4. The average molecular weight is 365 g/mol. The summed E-state index contributed by atoms with van der Waals surface area (Å²) in [6, 6.07) is 17.2. The highest BCUT2D eigenvalue weighted by Crippen LogP contribution is 2.12. The van der Waals surface area contributed by atoms with Gasteiger partial charge < -0.3 is 10.2 Å². The van der Waals surface area contributed by atoms with Crippen LogP contribution < -0.4 is 5.32 Å². The molecule has 0 unspecified atom stereocenters. The number of rotatable bonds is 7. The van der Waals surface area contributed by atoms with Gasteiger partial charge in [0.15, 0.2) is 5.78 Å². The first kappa shape index (κ1) is 19.3. The minimum Gasteiger partial charge on any atom is -0.326 e. The fourth-order valence-electron chi connectivity index (χ4n) is 3.17. The Hall–Kier alpha value is -2.50. The Morgan fingerprint density at radius 1 is 0.926 bits per heavy atom. The molecule has 1 N–H and O–H groups in total. The second kappa shape index (κ2) is 9.44. The smallest absolute Gasteiger partial charge is 0.224 e. The van der Waals surface area contributed by atoms with Crippen molar-refractivity contribution in [1.82, 2.24) is 9.80 Å². The number of hydrogen-bond acceptors (Lipinski definition) is 4. The molecule has 1 aliphatic heterocycles. The topological polar surface area (TPSA) is 52.6 Å². The van der Waals surface area contributed by atoms with Crippen LogP contribution in [0.5, 0.6) is 0 Å². The Morgan fingerprint density at radius 2 is 1.59 bits per heavy atom. The summed E-state index contributed by atoms with van der Waals surface area (Å²) in [5, 5.41) is 2.90. The molecule has 0 radical (unpaired) electrons. The van der Waals surface area contributed by atoms with Crippen LogP contribution in [0.2, 0.25) is 0 Å². The van der Waals surface area contributed by atoms with E-state index in [4.69, 9.17) is 0 Å². The van der Waals surface area contributed by atoms with E-state index < -0.39 is 0 Å². The Kier molecular flexibility index (Phi) is 6.74. The third-order valence-corrected chi connectivity index (χ3v) is 4.94. The number of piperazine rings is 1. The number of nitrogens with zero attached hydrogens (tertiary/aromatic N) is 2. The van der Waals surface area contributed by atoms with Crippen molar-refractivity contribution >= 4 is 17.4 Å². The minimum atomic E-state index is -0.0182. The van der Waals surface area contributed by atoms with E-state index >= 15 is 0 Å². The summed E-state index contributed by atoms with van der Waals surface area (Å²) >= 11 is 0. The number of carbonyl (C=O) groups is 2. The zero-order chi connectivity index (χ0) is 19.1. The summed E-state index contributed by atoms with van der Waals surface area (Å²) in [5.74, 6) is 0.108. The van der Waals surface area contributed by atoms with E-state index in [1.165, 1.54) is 0 Å². The lowest BCUT2D eigenvalue weighted by Gasteiger charge is -2.31. The lowest BCUT2D eigenvalue weighted by atomic mass is 10.1. The van der Waals surface area contributed by atoms with E-state index in [2.05, 4.69) is 22.2 Å². The fraction of sp³-hybridized carbons (Fsp3) is 0.364. The molecule has 1 fully saturated rings. The van der Waals surface area contributed by atoms with Gasteiger partial charge in [-0.3, -0.25) is 14.5 Å². The van der Waals surface area contributed by atoms with Crippen molar-refractivity contribution in [3.63, 3.8) is 0 Å². The molecular formula is C22H27N3O2. The van der Waals surface area contributed by atoms with Gasteiger partial charge in [0.05, 0.1) is 6.54 Å². The van der Waals surface area contributed by atoms with Crippen molar-refractivity contribution in [2.75, 3.05) is 45.1 Å². The molecule has 1 amide bonds. The van der Waals surface area contributed by atoms with Gasteiger partial charge in [0.25, 0.3) is 0 Å². The van der Waals surface area contributed by atoms with Crippen LogP contribution in [0.25, 0.3) is 0 Å². The number of amides is 1. The van der Waals surface area contributed by atoms with Gasteiger partial charge in [-0.05, 0) is 43.3 Å². The third-order valence-electron chi connectivity index (χ3n) is 4.94. The molecule has 0 bridgehead atoms. The number of nitrogens with one attached hydrogen (secondary N) is 1. The van der Waals surface area contributed by atoms with Crippen LogP contribution in [0.15, 0.2) is 54.6 Å². The summed E-state index contributed by atoms with van der Waals surface area (Å²) < 4.78 is 0. The van der Waals surface area contributed by atoms with Crippen molar-refractivity contribution in [3.05, 3.63) is 65.7 Å². The van der Waals surface area contributed by atoms with Crippen LogP contribution in [0.4, 0.5) is 5.69 Å². The van der Waals surface area contributed by atoms with Crippen molar-refractivity contribution in [1.29, 1.82) is 0 Å². The zero-order valence-corrected chi connectivity index (χ0v) is 15.9. The van der Waals surface area contributed by atoms with Crippen LogP contribution in [0, 0.1) is 0 Å². The van der Waals surface area contributed by atoms with E-state index in [0.717, 1.165) is 37.4 Å². The SMILES string of the molecule is CN1CCN(CC(=O)c2ccc(NC(=O)CCc3ccccc3)cc2)CC1.